The molecule has 1 amide bonds. The van der Waals surface area contributed by atoms with Gasteiger partial charge in [0.05, 0.1) is 25.8 Å². The number of aliphatic hydroxyl groups is 1. The molecule has 6 heteroatoms. The Balaban J connectivity index is 1.66. The Morgan fingerprint density at radius 2 is 2.00 bits per heavy atom. The molecular formula is C19H18N2O4. The van der Waals surface area contributed by atoms with Gasteiger partial charge >= 0.3 is 0 Å². The van der Waals surface area contributed by atoms with Crippen molar-refractivity contribution in [2.75, 3.05) is 12.4 Å². The van der Waals surface area contributed by atoms with E-state index in [-0.39, 0.29) is 18.9 Å². The number of methoxy groups -OCH3 is 1. The van der Waals surface area contributed by atoms with Crippen LogP contribution in [0.25, 0.3) is 11.3 Å². The van der Waals surface area contributed by atoms with Crippen LogP contribution in [0.1, 0.15) is 11.3 Å². The van der Waals surface area contributed by atoms with E-state index in [1.807, 2.05) is 30.3 Å². The minimum Gasteiger partial charge on any atom is -0.496 e. The molecule has 0 radical (unpaired) electrons. The highest BCUT2D eigenvalue weighted by atomic mass is 16.5. The minimum absolute atomic E-state index is 0.0941. The summed E-state index contributed by atoms with van der Waals surface area (Å²) in [6.45, 7) is -0.170. The molecule has 3 aromatic rings. The minimum atomic E-state index is -0.220. The summed E-state index contributed by atoms with van der Waals surface area (Å²) in [6.07, 6.45) is 0.0941. The summed E-state index contributed by atoms with van der Waals surface area (Å²) in [5, 5.41) is 16.1. The summed E-state index contributed by atoms with van der Waals surface area (Å²) in [4.78, 5) is 12.2. The first-order valence-corrected chi connectivity index (χ1v) is 7.78. The highest BCUT2D eigenvalue weighted by Gasteiger charge is 2.12. The second-order valence-corrected chi connectivity index (χ2v) is 5.46. The summed E-state index contributed by atoms with van der Waals surface area (Å²) < 4.78 is 10.4. The number of hydrogen-bond donors (Lipinski definition) is 2. The molecule has 0 atom stereocenters. The highest BCUT2D eigenvalue weighted by molar-refractivity contribution is 5.92. The van der Waals surface area contributed by atoms with E-state index in [1.54, 1.807) is 24.3 Å². The fourth-order valence-electron chi connectivity index (χ4n) is 2.48. The fraction of sp³-hybridized carbons (Fsp3) is 0.158. The zero-order valence-electron chi connectivity index (χ0n) is 13.7. The Bertz CT molecular complexity index is 859. The van der Waals surface area contributed by atoms with Crippen LogP contribution in [0.15, 0.2) is 59.1 Å². The van der Waals surface area contributed by atoms with Gasteiger partial charge in [-0.2, -0.15) is 0 Å². The fourth-order valence-corrected chi connectivity index (χ4v) is 2.48. The van der Waals surface area contributed by atoms with Crippen LogP contribution >= 0.6 is 0 Å². The molecule has 0 bridgehead atoms. The molecule has 25 heavy (non-hydrogen) atoms. The van der Waals surface area contributed by atoms with Gasteiger partial charge in [0.2, 0.25) is 5.91 Å². The Morgan fingerprint density at radius 3 is 2.72 bits per heavy atom. The number of amides is 1. The van der Waals surface area contributed by atoms with Crippen molar-refractivity contribution in [1.82, 2.24) is 5.16 Å². The first-order chi connectivity index (χ1) is 12.2. The quantitative estimate of drug-likeness (QED) is 0.722. The third-order valence-electron chi connectivity index (χ3n) is 3.69. The van der Waals surface area contributed by atoms with E-state index < -0.39 is 0 Å². The molecule has 0 unspecified atom stereocenters. The standard InChI is InChI=1S/C19H18N2O4/c1-24-17-8-7-15(9-14(17)12-22)20-19(23)11-16-10-18(25-21-16)13-5-3-2-4-6-13/h2-10,22H,11-12H2,1H3,(H,20,23). The van der Waals surface area contributed by atoms with Crippen LogP contribution in [0, 0.1) is 0 Å². The molecule has 6 nitrogen and oxygen atoms in total. The average molecular weight is 338 g/mol. The number of nitrogens with zero attached hydrogens (tertiary/aromatic N) is 1. The number of aliphatic hydroxyl groups excluding tert-OH is 1. The van der Waals surface area contributed by atoms with Crippen LogP contribution in [0.3, 0.4) is 0 Å². The second-order valence-electron chi connectivity index (χ2n) is 5.46. The molecule has 1 aromatic heterocycles. The van der Waals surface area contributed by atoms with Crippen LogP contribution in [0.5, 0.6) is 5.75 Å². The Labute approximate surface area is 145 Å². The lowest BCUT2D eigenvalue weighted by atomic mass is 10.1. The van der Waals surface area contributed by atoms with Gasteiger partial charge in [-0.3, -0.25) is 4.79 Å². The van der Waals surface area contributed by atoms with Crippen molar-refractivity contribution in [3.05, 3.63) is 65.9 Å². The average Bonchev–Trinajstić information content (AvgIpc) is 3.10. The van der Waals surface area contributed by atoms with Crippen molar-refractivity contribution in [2.45, 2.75) is 13.0 Å². The van der Waals surface area contributed by atoms with Crippen LogP contribution in [-0.4, -0.2) is 23.3 Å². The molecule has 2 N–H and O–H groups in total. The van der Waals surface area contributed by atoms with Gasteiger partial charge < -0.3 is 19.7 Å². The van der Waals surface area contributed by atoms with Crippen molar-refractivity contribution < 1.29 is 19.2 Å². The van der Waals surface area contributed by atoms with Gasteiger partial charge in [-0.25, -0.2) is 0 Å². The largest absolute Gasteiger partial charge is 0.496 e. The van der Waals surface area contributed by atoms with Crippen molar-refractivity contribution in [2.24, 2.45) is 0 Å². The molecule has 0 saturated carbocycles. The summed E-state index contributed by atoms with van der Waals surface area (Å²) in [7, 11) is 1.53. The first kappa shape index (κ1) is 16.7. The Kier molecular flexibility index (Phi) is 5.11. The topological polar surface area (TPSA) is 84.6 Å². The number of anilines is 1. The lowest BCUT2D eigenvalue weighted by Gasteiger charge is -2.09. The van der Waals surface area contributed by atoms with Gasteiger partial charge in [0, 0.05) is 22.9 Å². The molecule has 0 aliphatic rings. The third kappa shape index (κ3) is 4.05. The second kappa shape index (κ2) is 7.63. The SMILES string of the molecule is COc1ccc(NC(=O)Cc2cc(-c3ccccc3)on2)cc1CO. The number of ether oxygens (including phenoxy) is 1. The smallest absolute Gasteiger partial charge is 0.230 e. The lowest BCUT2D eigenvalue weighted by molar-refractivity contribution is -0.115. The van der Waals surface area contributed by atoms with Gasteiger partial charge in [0.25, 0.3) is 0 Å². The molecule has 1 heterocycles. The Morgan fingerprint density at radius 1 is 1.20 bits per heavy atom. The molecule has 0 aliphatic heterocycles. The molecular weight excluding hydrogens is 320 g/mol. The molecule has 0 fully saturated rings. The van der Waals surface area contributed by atoms with E-state index in [0.717, 1.165) is 5.56 Å². The molecule has 2 aromatic carbocycles. The highest BCUT2D eigenvalue weighted by Crippen LogP contribution is 2.23. The predicted octanol–water partition coefficient (Wildman–Crippen LogP) is 3.02. The first-order valence-electron chi connectivity index (χ1n) is 7.78. The van der Waals surface area contributed by atoms with E-state index in [1.165, 1.54) is 7.11 Å². The number of rotatable bonds is 6. The molecule has 3 rings (SSSR count). The zero-order chi connectivity index (χ0) is 17.6. The van der Waals surface area contributed by atoms with Crippen LogP contribution in [-0.2, 0) is 17.8 Å². The zero-order valence-corrected chi connectivity index (χ0v) is 13.7. The maximum atomic E-state index is 12.2. The number of hydrogen-bond acceptors (Lipinski definition) is 5. The van der Waals surface area contributed by atoms with E-state index in [4.69, 9.17) is 9.26 Å². The molecule has 0 spiro atoms. The van der Waals surface area contributed by atoms with E-state index in [0.29, 0.717) is 28.5 Å². The predicted molar refractivity (Wildman–Crippen MR) is 93.2 cm³/mol. The van der Waals surface area contributed by atoms with Crippen molar-refractivity contribution in [3.8, 4) is 17.1 Å². The number of nitrogens with one attached hydrogen (secondary N) is 1. The number of carbonyl (C=O) groups is 1. The maximum Gasteiger partial charge on any atom is 0.230 e. The van der Waals surface area contributed by atoms with Gasteiger partial charge in [-0.15, -0.1) is 0 Å². The molecule has 128 valence electrons. The molecule has 0 saturated heterocycles. The van der Waals surface area contributed by atoms with Crippen molar-refractivity contribution >= 4 is 11.6 Å². The van der Waals surface area contributed by atoms with Crippen LogP contribution < -0.4 is 10.1 Å². The molecule has 0 aliphatic carbocycles. The summed E-state index contributed by atoms with van der Waals surface area (Å²) in [5.41, 5.74) is 2.64. The maximum absolute atomic E-state index is 12.2. The summed E-state index contributed by atoms with van der Waals surface area (Å²) >= 11 is 0. The van der Waals surface area contributed by atoms with E-state index in [2.05, 4.69) is 10.5 Å². The van der Waals surface area contributed by atoms with Gasteiger partial charge in [-0.1, -0.05) is 35.5 Å². The monoisotopic (exact) mass is 338 g/mol. The summed E-state index contributed by atoms with van der Waals surface area (Å²) in [5.74, 6) is 0.974. The number of carbonyl (C=O) groups excluding carboxylic acids is 1. The van der Waals surface area contributed by atoms with Gasteiger partial charge in [0.1, 0.15) is 5.75 Å². The van der Waals surface area contributed by atoms with E-state index in [9.17, 15) is 9.90 Å². The van der Waals surface area contributed by atoms with Gasteiger partial charge in [-0.05, 0) is 18.2 Å². The van der Waals surface area contributed by atoms with Crippen molar-refractivity contribution in [3.63, 3.8) is 0 Å². The number of aromatic nitrogens is 1. The van der Waals surface area contributed by atoms with Crippen molar-refractivity contribution in [1.29, 1.82) is 0 Å². The third-order valence-corrected chi connectivity index (χ3v) is 3.69. The van der Waals surface area contributed by atoms with E-state index >= 15 is 0 Å². The Hall–Kier alpha value is -3.12. The lowest BCUT2D eigenvalue weighted by Crippen LogP contribution is -2.14. The number of benzene rings is 2. The summed E-state index contributed by atoms with van der Waals surface area (Å²) in [6, 6.07) is 16.4. The normalized spacial score (nSPS) is 10.5. The van der Waals surface area contributed by atoms with Gasteiger partial charge in [0.15, 0.2) is 5.76 Å². The van der Waals surface area contributed by atoms with Crippen LogP contribution in [0.2, 0.25) is 0 Å². The van der Waals surface area contributed by atoms with Crippen LogP contribution in [0.4, 0.5) is 5.69 Å².